The van der Waals surface area contributed by atoms with E-state index in [1.165, 1.54) is 16.3 Å². The van der Waals surface area contributed by atoms with E-state index in [0.717, 1.165) is 30.2 Å². The number of thiol groups is 1. The van der Waals surface area contributed by atoms with Gasteiger partial charge in [-0.2, -0.15) is 4.31 Å². The van der Waals surface area contributed by atoms with E-state index in [2.05, 4.69) is 69.7 Å². The number of hydrogen-bond donors (Lipinski definition) is 2. The summed E-state index contributed by atoms with van der Waals surface area (Å²) >= 11 is 0. The highest BCUT2D eigenvalue weighted by molar-refractivity contribution is 7.69. The van der Waals surface area contributed by atoms with Gasteiger partial charge in [-0.15, -0.1) is 6.42 Å². The number of carbonyl (C=O) groups is 1. The van der Waals surface area contributed by atoms with Gasteiger partial charge in [-0.25, -0.2) is 8.42 Å². The molecule has 10 heteroatoms. The van der Waals surface area contributed by atoms with Crippen molar-refractivity contribution in [1.29, 1.82) is 0 Å². The number of nitrogens with zero attached hydrogens (tertiary/aromatic N) is 4. The molecule has 0 saturated carbocycles. The van der Waals surface area contributed by atoms with Crippen LogP contribution in [0.2, 0.25) is 0 Å². The van der Waals surface area contributed by atoms with Gasteiger partial charge < -0.3 is 4.42 Å². The van der Waals surface area contributed by atoms with Crippen LogP contribution < -0.4 is 5.32 Å². The molecule has 1 N–H and O–H groups in total. The third kappa shape index (κ3) is 5.62. The average molecular weight is 482 g/mol. The van der Waals surface area contributed by atoms with Crippen LogP contribution in [0.3, 0.4) is 0 Å². The first-order valence-corrected chi connectivity index (χ1v) is 12.3. The number of anilines is 1. The van der Waals surface area contributed by atoms with Crippen LogP contribution in [-0.4, -0.2) is 59.9 Å². The summed E-state index contributed by atoms with van der Waals surface area (Å²) in [5.74, 6) is 1.71. The van der Waals surface area contributed by atoms with Gasteiger partial charge in [0.2, 0.25) is 16.8 Å². The molecule has 1 fully saturated rings. The molecule has 9 nitrogen and oxygen atoms in total. The highest BCUT2D eigenvalue weighted by Crippen LogP contribution is 2.31. The number of terminal acetylenes is 1. The van der Waals surface area contributed by atoms with Gasteiger partial charge in [0.15, 0.2) is 0 Å². The van der Waals surface area contributed by atoms with Crippen molar-refractivity contribution >= 4 is 33.6 Å². The van der Waals surface area contributed by atoms with Crippen LogP contribution in [0.5, 0.6) is 0 Å². The maximum absolute atomic E-state index is 12.3. The van der Waals surface area contributed by atoms with Crippen LogP contribution >= 0.6 is 0 Å². The van der Waals surface area contributed by atoms with Crippen molar-refractivity contribution in [1.82, 2.24) is 19.4 Å². The molecule has 178 valence electrons. The summed E-state index contributed by atoms with van der Waals surface area (Å²) in [5.41, 5.74) is 1.30. The van der Waals surface area contributed by atoms with Gasteiger partial charge in [-0.05, 0) is 61.0 Å². The Balaban J connectivity index is 1.32. The highest BCUT2D eigenvalue weighted by atomic mass is 32.2. The molecule has 3 aromatic rings. The van der Waals surface area contributed by atoms with Gasteiger partial charge in [0.25, 0.3) is 5.89 Å². The zero-order valence-electron chi connectivity index (χ0n) is 18.9. The van der Waals surface area contributed by atoms with Crippen LogP contribution in [0.1, 0.15) is 37.3 Å². The predicted octanol–water partition coefficient (Wildman–Crippen LogP) is 2.44. The highest BCUT2D eigenvalue weighted by Gasteiger charge is 2.27. The van der Waals surface area contributed by atoms with Crippen LogP contribution in [-0.2, 0) is 15.7 Å². The number of rotatable bonds is 8. The lowest BCUT2D eigenvalue weighted by atomic mass is 9.93. The Bertz CT molecular complexity index is 1260. The molecule has 1 saturated heterocycles. The second-order valence-electron chi connectivity index (χ2n) is 8.41. The standard InChI is InChI=1S/C24H27N5O4S/c1-3-23-26-27-24(33-23)25-22(30)16-29(34(31)32)15-18-11-13-28(14-12-18)17(2)20-10-6-8-19-7-4-5-9-21(19)20/h1,4-10,17-18,34H,11-16H2,2H3,(H,25,27,30). The molecule has 1 atom stereocenters. The van der Waals surface area contributed by atoms with Crippen LogP contribution in [0.25, 0.3) is 10.8 Å². The van der Waals surface area contributed by atoms with E-state index in [0.29, 0.717) is 6.54 Å². The number of fused-ring (bicyclic) bond motifs is 1. The third-order valence-corrected chi connectivity index (χ3v) is 7.06. The SMILES string of the molecule is C#Cc1nnc(NC(=O)CN(CC2CCN(C(C)c3cccc4ccccc34)CC2)[SH](=O)=O)o1. The van der Waals surface area contributed by atoms with Crippen molar-refractivity contribution in [3.8, 4) is 12.3 Å². The molecule has 1 aliphatic rings. The molecule has 4 rings (SSSR count). The molecule has 0 bridgehead atoms. The molecule has 0 radical (unpaired) electrons. The second-order valence-corrected chi connectivity index (χ2v) is 9.45. The largest absolute Gasteiger partial charge is 0.396 e. The molecular weight excluding hydrogens is 454 g/mol. The first-order chi connectivity index (χ1) is 16.4. The van der Waals surface area contributed by atoms with Gasteiger partial charge in [0.1, 0.15) is 0 Å². The molecule has 0 aliphatic carbocycles. The topological polar surface area (TPSA) is 109 Å². The summed E-state index contributed by atoms with van der Waals surface area (Å²) in [6.45, 7) is 3.92. The lowest BCUT2D eigenvalue weighted by molar-refractivity contribution is -0.116. The fraction of sp³-hybridized carbons (Fsp3) is 0.375. The molecular formula is C24H27N5O4S. The molecule has 1 aromatic heterocycles. The summed E-state index contributed by atoms with van der Waals surface area (Å²) < 4.78 is 29.8. The first kappa shape index (κ1) is 23.9. The Morgan fingerprint density at radius 3 is 2.68 bits per heavy atom. The summed E-state index contributed by atoms with van der Waals surface area (Å²) in [4.78, 5) is 14.7. The van der Waals surface area contributed by atoms with Gasteiger partial charge in [0.05, 0.1) is 6.54 Å². The number of benzene rings is 2. The molecule has 34 heavy (non-hydrogen) atoms. The quantitative estimate of drug-likeness (QED) is 0.376. The molecule has 1 amide bonds. The smallest absolute Gasteiger partial charge is 0.323 e. The summed E-state index contributed by atoms with van der Waals surface area (Å²) in [6, 6.07) is 14.9. The van der Waals surface area contributed by atoms with Gasteiger partial charge >= 0.3 is 6.01 Å². The summed E-state index contributed by atoms with van der Waals surface area (Å²) in [7, 11) is -2.91. The lowest BCUT2D eigenvalue weighted by Gasteiger charge is -2.37. The first-order valence-electron chi connectivity index (χ1n) is 11.2. The zero-order chi connectivity index (χ0) is 24.1. The number of piperidine rings is 1. The minimum absolute atomic E-state index is 0.0634. The molecule has 2 heterocycles. The molecule has 1 aliphatic heterocycles. The fourth-order valence-corrected chi connectivity index (χ4v) is 5.09. The maximum Gasteiger partial charge on any atom is 0.323 e. The minimum Gasteiger partial charge on any atom is -0.396 e. The maximum atomic E-state index is 12.3. The lowest BCUT2D eigenvalue weighted by Crippen LogP contribution is -2.41. The number of amides is 1. The van der Waals surface area contributed by atoms with E-state index in [1.807, 2.05) is 6.07 Å². The Labute approximate surface area is 200 Å². The second kappa shape index (κ2) is 10.8. The molecule has 0 spiro atoms. The normalized spacial score (nSPS) is 16.1. The predicted molar refractivity (Wildman–Crippen MR) is 129 cm³/mol. The van der Waals surface area contributed by atoms with Crippen LogP contribution in [0.4, 0.5) is 6.01 Å². The van der Waals surface area contributed by atoms with E-state index in [1.54, 1.807) is 0 Å². The Hall–Kier alpha value is -3.26. The number of likely N-dealkylation sites (tertiary alicyclic amines) is 1. The molecule has 1 unspecified atom stereocenters. The number of hydrogen-bond acceptors (Lipinski definition) is 7. The Morgan fingerprint density at radius 1 is 1.24 bits per heavy atom. The third-order valence-electron chi connectivity index (χ3n) is 6.29. The van der Waals surface area contributed by atoms with Crippen molar-refractivity contribution in [3.05, 3.63) is 53.9 Å². The van der Waals surface area contributed by atoms with Crippen molar-refractivity contribution < 1.29 is 17.6 Å². The average Bonchev–Trinajstić information content (AvgIpc) is 3.30. The zero-order valence-corrected chi connectivity index (χ0v) is 19.8. The van der Waals surface area contributed by atoms with E-state index in [9.17, 15) is 13.2 Å². The van der Waals surface area contributed by atoms with E-state index < -0.39 is 16.8 Å². The van der Waals surface area contributed by atoms with Gasteiger partial charge in [-0.3, -0.25) is 15.0 Å². The van der Waals surface area contributed by atoms with E-state index >= 15 is 0 Å². The van der Waals surface area contributed by atoms with Crippen LogP contribution in [0, 0.1) is 18.3 Å². The summed E-state index contributed by atoms with van der Waals surface area (Å²) in [5, 5.41) is 12.0. The van der Waals surface area contributed by atoms with Crippen LogP contribution in [0.15, 0.2) is 46.9 Å². The number of nitrogens with one attached hydrogen (secondary N) is 1. The Morgan fingerprint density at radius 2 is 1.97 bits per heavy atom. The van der Waals surface area contributed by atoms with Crippen molar-refractivity contribution in [2.45, 2.75) is 25.8 Å². The number of aromatic nitrogens is 2. The molecule has 2 aromatic carbocycles. The fourth-order valence-electron chi connectivity index (χ4n) is 4.48. The van der Waals surface area contributed by atoms with Crippen molar-refractivity contribution in [2.75, 3.05) is 31.5 Å². The van der Waals surface area contributed by atoms with Gasteiger partial charge in [0, 0.05) is 12.6 Å². The minimum atomic E-state index is -2.91. The number of carbonyl (C=O) groups excluding carboxylic acids is 1. The van der Waals surface area contributed by atoms with Crippen molar-refractivity contribution in [3.63, 3.8) is 0 Å². The van der Waals surface area contributed by atoms with E-state index in [-0.39, 0.29) is 30.4 Å². The van der Waals surface area contributed by atoms with Crippen molar-refractivity contribution in [2.24, 2.45) is 5.92 Å². The van der Waals surface area contributed by atoms with Gasteiger partial charge in [-0.1, -0.05) is 52.7 Å². The van der Waals surface area contributed by atoms with E-state index in [4.69, 9.17) is 10.8 Å². The summed E-state index contributed by atoms with van der Waals surface area (Å²) in [6.07, 6.45) is 6.86. The Kier molecular flexibility index (Phi) is 7.57. The monoisotopic (exact) mass is 481 g/mol.